The van der Waals surface area contributed by atoms with Crippen molar-refractivity contribution in [3.63, 3.8) is 0 Å². The Bertz CT molecular complexity index is 202. The average Bonchev–Trinajstić information content (AvgIpc) is 2.13. The van der Waals surface area contributed by atoms with E-state index in [9.17, 15) is 9.59 Å². The molecule has 0 spiro atoms. The number of carbonyl (C=O) groups excluding carboxylic acids is 2. The average molecular weight is 200 g/mol. The first-order chi connectivity index (χ1) is 6.47. The van der Waals surface area contributed by atoms with E-state index in [1.807, 2.05) is 27.7 Å². The summed E-state index contributed by atoms with van der Waals surface area (Å²) in [6.45, 7) is 8.32. The highest BCUT2D eigenvalue weighted by Gasteiger charge is 2.14. The van der Waals surface area contributed by atoms with E-state index >= 15 is 0 Å². The molecule has 0 radical (unpaired) electrons. The molecular formula is C10H20N2O2. The minimum Gasteiger partial charge on any atom is -0.348 e. The molecule has 82 valence electrons. The zero-order valence-electron chi connectivity index (χ0n) is 9.39. The summed E-state index contributed by atoms with van der Waals surface area (Å²) in [5.41, 5.74) is 0. The Morgan fingerprint density at radius 1 is 1.14 bits per heavy atom. The zero-order valence-corrected chi connectivity index (χ0v) is 9.39. The second-order valence-electron chi connectivity index (χ2n) is 3.89. The molecule has 4 heteroatoms. The van der Waals surface area contributed by atoms with Gasteiger partial charge in [-0.05, 0) is 19.3 Å². The largest absolute Gasteiger partial charge is 0.348 e. The molecule has 0 unspecified atom stereocenters. The maximum Gasteiger partial charge on any atom is 0.309 e. The van der Waals surface area contributed by atoms with Gasteiger partial charge in [-0.15, -0.1) is 0 Å². The molecule has 2 amide bonds. The van der Waals surface area contributed by atoms with Crippen LogP contribution in [0.5, 0.6) is 0 Å². The number of hydrogen-bond donors (Lipinski definition) is 2. The topological polar surface area (TPSA) is 58.2 Å². The molecule has 0 bridgehead atoms. The summed E-state index contributed by atoms with van der Waals surface area (Å²) in [5.74, 6) is -0.727. The standard InChI is InChI=1S/C10H20N2O2/c1-5-8(4)12-10(14)9(13)11-6-7(2)3/h7-8H,5-6H2,1-4H3,(H,11,13)(H,12,14)/t8-/m0/s1. The Labute approximate surface area is 85.4 Å². The fourth-order valence-corrected chi connectivity index (χ4v) is 0.769. The second kappa shape index (κ2) is 6.40. The summed E-state index contributed by atoms with van der Waals surface area (Å²) in [5, 5.41) is 5.16. The van der Waals surface area contributed by atoms with Crippen LogP contribution in [0.15, 0.2) is 0 Å². The number of nitrogens with one attached hydrogen (secondary N) is 2. The molecule has 0 aromatic heterocycles. The van der Waals surface area contributed by atoms with Gasteiger partial charge >= 0.3 is 11.8 Å². The zero-order chi connectivity index (χ0) is 11.1. The van der Waals surface area contributed by atoms with E-state index in [2.05, 4.69) is 10.6 Å². The van der Waals surface area contributed by atoms with E-state index in [-0.39, 0.29) is 6.04 Å². The Morgan fingerprint density at radius 2 is 1.71 bits per heavy atom. The summed E-state index contributed by atoms with van der Waals surface area (Å²) in [6.07, 6.45) is 0.823. The molecule has 14 heavy (non-hydrogen) atoms. The fourth-order valence-electron chi connectivity index (χ4n) is 0.769. The van der Waals surface area contributed by atoms with E-state index in [1.54, 1.807) is 0 Å². The lowest BCUT2D eigenvalue weighted by Gasteiger charge is -2.11. The number of amides is 2. The van der Waals surface area contributed by atoms with Gasteiger partial charge in [0.15, 0.2) is 0 Å². The van der Waals surface area contributed by atoms with Gasteiger partial charge in [-0.1, -0.05) is 20.8 Å². The highest BCUT2D eigenvalue weighted by molar-refractivity contribution is 6.35. The van der Waals surface area contributed by atoms with Gasteiger partial charge in [0.2, 0.25) is 0 Å². The molecule has 0 saturated heterocycles. The van der Waals surface area contributed by atoms with E-state index in [1.165, 1.54) is 0 Å². The SMILES string of the molecule is CC[C@H](C)NC(=O)C(=O)NCC(C)C. The maximum atomic E-state index is 11.2. The van der Waals surface area contributed by atoms with Crippen molar-refractivity contribution in [3.05, 3.63) is 0 Å². The highest BCUT2D eigenvalue weighted by atomic mass is 16.2. The first-order valence-electron chi connectivity index (χ1n) is 5.06. The summed E-state index contributed by atoms with van der Waals surface area (Å²) < 4.78 is 0. The monoisotopic (exact) mass is 200 g/mol. The van der Waals surface area contributed by atoms with Gasteiger partial charge in [0.1, 0.15) is 0 Å². The van der Waals surface area contributed by atoms with Crippen LogP contribution >= 0.6 is 0 Å². The van der Waals surface area contributed by atoms with Crippen molar-refractivity contribution in [2.24, 2.45) is 5.92 Å². The highest BCUT2D eigenvalue weighted by Crippen LogP contribution is 1.89. The molecule has 2 N–H and O–H groups in total. The van der Waals surface area contributed by atoms with Gasteiger partial charge in [-0.2, -0.15) is 0 Å². The van der Waals surface area contributed by atoms with E-state index in [0.29, 0.717) is 12.5 Å². The van der Waals surface area contributed by atoms with Crippen molar-refractivity contribution in [1.82, 2.24) is 10.6 Å². The summed E-state index contributed by atoms with van der Waals surface area (Å²) in [7, 11) is 0. The lowest BCUT2D eigenvalue weighted by molar-refractivity contribution is -0.139. The Balaban J connectivity index is 3.82. The first kappa shape index (κ1) is 12.9. The van der Waals surface area contributed by atoms with Crippen LogP contribution in [0.2, 0.25) is 0 Å². The van der Waals surface area contributed by atoms with Crippen molar-refractivity contribution >= 4 is 11.8 Å². The molecule has 0 saturated carbocycles. The molecule has 0 aromatic carbocycles. The van der Waals surface area contributed by atoms with E-state index in [0.717, 1.165) is 6.42 Å². The molecule has 0 aliphatic carbocycles. The third kappa shape index (κ3) is 5.56. The molecule has 0 heterocycles. The number of carbonyl (C=O) groups is 2. The third-order valence-electron chi connectivity index (χ3n) is 1.87. The Morgan fingerprint density at radius 3 is 2.14 bits per heavy atom. The van der Waals surface area contributed by atoms with Gasteiger partial charge in [-0.25, -0.2) is 0 Å². The minimum atomic E-state index is -0.543. The lowest BCUT2D eigenvalue weighted by Crippen LogP contribution is -2.44. The van der Waals surface area contributed by atoms with Crippen molar-refractivity contribution in [2.45, 2.75) is 40.2 Å². The normalized spacial score (nSPS) is 12.4. The van der Waals surface area contributed by atoms with Crippen LogP contribution in [-0.2, 0) is 9.59 Å². The van der Waals surface area contributed by atoms with E-state index < -0.39 is 11.8 Å². The summed E-state index contributed by atoms with van der Waals surface area (Å²) in [6, 6.07) is 0.0484. The van der Waals surface area contributed by atoms with Crippen LogP contribution in [0.1, 0.15) is 34.1 Å². The van der Waals surface area contributed by atoms with E-state index in [4.69, 9.17) is 0 Å². The number of rotatable bonds is 4. The lowest BCUT2D eigenvalue weighted by atomic mass is 10.2. The molecular weight excluding hydrogens is 180 g/mol. The Hall–Kier alpha value is -1.06. The molecule has 0 aromatic rings. The predicted molar refractivity (Wildman–Crippen MR) is 55.7 cm³/mol. The van der Waals surface area contributed by atoms with Gasteiger partial charge in [-0.3, -0.25) is 9.59 Å². The molecule has 0 aliphatic heterocycles. The predicted octanol–water partition coefficient (Wildman–Crippen LogP) is 0.673. The van der Waals surface area contributed by atoms with Crippen molar-refractivity contribution in [3.8, 4) is 0 Å². The molecule has 0 fully saturated rings. The van der Waals surface area contributed by atoms with Gasteiger partial charge in [0.25, 0.3) is 0 Å². The van der Waals surface area contributed by atoms with Gasteiger partial charge < -0.3 is 10.6 Å². The van der Waals surface area contributed by atoms with Crippen molar-refractivity contribution in [2.75, 3.05) is 6.54 Å². The molecule has 0 rings (SSSR count). The van der Waals surface area contributed by atoms with Crippen LogP contribution in [0.3, 0.4) is 0 Å². The third-order valence-corrected chi connectivity index (χ3v) is 1.87. The van der Waals surface area contributed by atoms with Crippen molar-refractivity contribution in [1.29, 1.82) is 0 Å². The van der Waals surface area contributed by atoms with Crippen LogP contribution < -0.4 is 10.6 Å². The molecule has 1 atom stereocenters. The van der Waals surface area contributed by atoms with Crippen LogP contribution in [0.4, 0.5) is 0 Å². The molecule has 4 nitrogen and oxygen atoms in total. The maximum absolute atomic E-state index is 11.2. The fraction of sp³-hybridized carbons (Fsp3) is 0.800. The summed E-state index contributed by atoms with van der Waals surface area (Å²) in [4.78, 5) is 22.4. The van der Waals surface area contributed by atoms with Crippen molar-refractivity contribution < 1.29 is 9.59 Å². The first-order valence-corrected chi connectivity index (χ1v) is 5.06. The molecule has 0 aliphatic rings. The van der Waals surface area contributed by atoms with Crippen LogP contribution in [-0.4, -0.2) is 24.4 Å². The number of hydrogen-bond acceptors (Lipinski definition) is 2. The Kier molecular flexibility index (Phi) is 5.92. The smallest absolute Gasteiger partial charge is 0.309 e. The quantitative estimate of drug-likeness (QED) is 0.655. The van der Waals surface area contributed by atoms with Gasteiger partial charge in [0, 0.05) is 12.6 Å². The second-order valence-corrected chi connectivity index (χ2v) is 3.89. The van der Waals surface area contributed by atoms with Crippen LogP contribution in [0, 0.1) is 5.92 Å². The summed E-state index contributed by atoms with van der Waals surface area (Å²) >= 11 is 0. The minimum absolute atomic E-state index is 0.0484. The van der Waals surface area contributed by atoms with Crippen LogP contribution in [0.25, 0.3) is 0 Å². The van der Waals surface area contributed by atoms with Gasteiger partial charge in [0.05, 0.1) is 0 Å².